The lowest BCUT2D eigenvalue weighted by atomic mass is 10.3. The third kappa shape index (κ3) is 3.48. The van der Waals surface area contributed by atoms with Gasteiger partial charge in [0.1, 0.15) is 11.5 Å². The number of nitrogens with zero attached hydrogens (tertiary/aromatic N) is 1. The fourth-order valence-electron chi connectivity index (χ4n) is 1.84. The van der Waals surface area contributed by atoms with Crippen LogP contribution in [0.1, 0.15) is 10.5 Å². The molecule has 1 aromatic heterocycles. The number of hydrogen-bond acceptors (Lipinski definition) is 4. The Bertz CT molecular complexity index is 789. The molecule has 22 heavy (non-hydrogen) atoms. The molecule has 0 saturated heterocycles. The number of halogens is 1. The fourth-order valence-corrected chi connectivity index (χ4v) is 2.55. The normalized spacial score (nSPS) is 10.2. The van der Waals surface area contributed by atoms with Crippen LogP contribution in [0.5, 0.6) is 0 Å². The van der Waals surface area contributed by atoms with Crippen LogP contribution in [-0.4, -0.2) is 10.9 Å². The second kappa shape index (κ2) is 6.36. The van der Waals surface area contributed by atoms with Crippen LogP contribution in [0, 0.1) is 5.82 Å². The monoisotopic (exact) mass is 313 g/mol. The molecule has 4 nitrogen and oxygen atoms in total. The Labute approximate surface area is 130 Å². The van der Waals surface area contributed by atoms with Gasteiger partial charge in [0.05, 0.1) is 0 Å². The van der Waals surface area contributed by atoms with Crippen LogP contribution in [0.3, 0.4) is 0 Å². The first-order valence-electron chi connectivity index (χ1n) is 6.55. The van der Waals surface area contributed by atoms with Gasteiger partial charge in [-0.05, 0) is 30.3 Å². The highest BCUT2D eigenvalue weighted by molar-refractivity contribution is 7.14. The van der Waals surface area contributed by atoms with Crippen LogP contribution >= 0.6 is 11.3 Å². The summed E-state index contributed by atoms with van der Waals surface area (Å²) in [6.45, 7) is 0. The largest absolute Gasteiger partial charge is 0.332 e. The number of carbonyl (C=O) groups excluding carboxylic acids is 1. The van der Waals surface area contributed by atoms with Crippen molar-refractivity contribution in [3.8, 4) is 0 Å². The molecule has 0 aliphatic carbocycles. The molecule has 0 atom stereocenters. The van der Waals surface area contributed by atoms with Gasteiger partial charge in [0.2, 0.25) is 0 Å². The van der Waals surface area contributed by atoms with E-state index in [2.05, 4.69) is 15.6 Å². The molecule has 2 N–H and O–H groups in total. The highest BCUT2D eigenvalue weighted by Crippen LogP contribution is 2.21. The van der Waals surface area contributed by atoms with E-state index in [1.165, 1.54) is 29.5 Å². The van der Waals surface area contributed by atoms with Crippen molar-refractivity contribution in [1.82, 2.24) is 4.98 Å². The highest BCUT2D eigenvalue weighted by Gasteiger charge is 2.11. The smallest absolute Gasteiger partial charge is 0.275 e. The quantitative estimate of drug-likeness (QED) is 0.756. The van der Waals surface area contributed by atoms with E-state index in [0.717, 1.165) is 5.69 Å². The van der Waals surface area contributed by atoms with E-state index < -0.39 is 5.82 Å². The fraction of sp³-hybridized carbons (Fsp3) is 0. The van der Waals surface area contributed by atoms with E-state index in [4.69, 9.17) is 0 Å². The summed E-state index contributed by atoms with van der Waals surface area (Å²) < 4.78 is 13.1. The summed E-state index contributed by atoms with van der Waals surface area (Å²) in [4.78, 5) is 16.3. The minimum atomic E-state index is -0.400. The van der Waals surface area contributed by atoms with E-state index in [-0.39, 0.29) is 11.6 Å². The molecule has 0 spiro atoms. The second-order valence-corrected chi connectivity index (χ2v) is 5.35. The van der Waals surface area contributed by atoms with Crippen molar-refractivity contribution in [1.29, 1.82) is 0 Å². The topological polar surface area (TPSA) is 54.0 Å². The van der Waals surface area contributed by atoms with Gasteiger partial charge in [-0.15, -0.1) is 11.3 Å². The minimum Gasteiger partial charge on any atom is -0.332 e. The zero-order valence-corrected chi connectivity index (χ0v) is 12.2. The van der Waals surface area contributed by atoms with E-state index in [9.17, 15) is 9.18 Å². The first-order chi connectivity index (χ1) is 10.7. The molecule has 0 unspecified atom stereocenters. The number of thiazole rings is 1. The summed E-state index contributed by atoms with van der Waals surface area (Å²) >= 11 is 1.33. The summed E-state index contributed by atoms with van der Waals surface area (Å²) in [7, 11) is 0. The molecule has 0 aliphatic rings. The molecule has 3 aromatic rings. The average molecular weight is 313 g/mol. The predicted molar refractivity (Wildman–Crippen MR) is 86.2 cm³/mol. The Kier molecular flexibility index (Phi) is 4.11. The maximum absolute atomic E-state index is 13.1. The van der Waals surface area contributed by atoms with Crippen LogP contribution in [0.4, 0.5) is 20.9 Å². The zero-order valence-electron chi connectivity index (χ0n) is 11.4. The molecule has 2 aromatic carbocycles. The van der Waals surface area contributed by atoms with E-state index in [0.29, 0.717) is 10.8 Å². The second-order valence-electron chi connectivity index (χ2n) is 4.49. The summed E-state index contributed by atoms with van der Waals surface area (Å²) in [5, 5.41) is 8.01. The Morgan fingerprint density at radius 1 is 1.05 bits per heavy atom. The molecule has 0 fully saturated rings. The number of carbonyl (C=O) groups is 1. The number of rotatable bonds is 4. The van der Waals surface area contributed by atoms with E-state index in [1.54, 1.807) is 11.4 Å². The van der Waals surface area contributed by atoms with Crippen LogP contribution < -0.4 is 10.6 Å². The first kappa shape index (κ1) is 14.2. The van der Waals surface area contributed by atoms with Gasteiger partial charge in [-0.3, -0.25) is 4.79 Å². The molecule has 0 saturated carbocycles. The number of benzene rings is 2. The third-order valence-electron chi connectivity index (χ3n) is 2.84. The Balaban J connectivity index is 1.69. The molecule has 1 amide bonds. The standard InChI is InChI=1S/C16H12FN3OS/c17-11-5-4-8-13(9-11)18-15(21)14-10-22-16(20-14)19-12-6-2-1-3-7-12/h1-10H,(H,18,21)(H,19,20). The van der Waals surface area contributed by atoms with Gasteiger partial charge >= 0.3 is 0 Å². The molecule has 0 aliphatic heterocycles. The van der Waals surface area contributed by atoms with Crippen LogP contribution in [0.25, 0.3) is 0 Å². The molecular weight excluding hydrogens is 301 g/mol. The Morgan fingerprint density at radius 2 is 1.82 bits per heavy atom. The van der Waals surface area contributed by atoms with Gasteiger partial charge in [-0.25, -0.2) is 9.37 Å². The van der Waals surface area contributed by atoms with Gasteiger partial charge in [-0.2, -0.15) is 0 Å². The lowest BCUT2D eigenvalue weighted by Crippen LogP contribution is -2.12. The van der Waals surface area contributed by atoms with Gasteiger partial charge in [0.15, 0.2) is 5.13 Å². The first-order valence-corrected chi connectivity index (χ1v) is 7.43. The summed E-state index contributed by atoms with van der Waals surface area (Å²) in [6, 6.07) is 15.3. The Hall–Kier alpha value is -2.73. The van der Waals surface area contributed by atoms with Crippen molar-refractivity contribution in [2.24, 2.45) is 0 Å². The number of para-hydroxylation sites is 1. The summed E-state index contributed by atoms with van der Waals surface area (Å²) in [6.07, 6.45) is 0. The number of hydrogen-bond donors (Lipinski definition) is 2. The average Bonchev–Trinajstić information content (AvgIpc) is 2.97. The maximum Gasteiger partial charge on any atom is 0.275 e. The minimum absolute atomic E-state index is 0.285. The molecular formula is C16H12FN3OS. The van der Waals surface area contributed by atoms with Crippen molar-refractivity contribution in [3.05, 3.63) is 71.5 Å². The van der Waals surface area contributed by atoms with Crippen molar-refractivity contribution in [2.75, 3.05) is 10.6 Å². The zero-order chi connectivity index (χ0) is 15.4. The molecule has 6 heteroatoms. The van der Waals surface area contributed by atoms with Crippen LogP contribution in [0.2, 0.25) is 0 Å². The summed E-state index contributed by atoms with van der Waals surface area (Å²) in [5.74, 6) is -0.773. The number of amides is 1. The van der Waals surface area contributed by atoms with Crippen molar-refractivity contribution >= 4 is 33.8 Å². The summed E-state index contributed by atoms with van der Waals surface area (Å²) in [5.41, 5.74) is 1.58. The van der Waals surface area contributed by atoms with E-state index in [1.807, 2.05) is 30.3 Å². The number of anilines is 3. The Morgan fingerprint density at radius 3 is 2.59 bits per heavy atom. The molecule has 0 radical (unpaired) electrons. The lowest BCUT2D eigenvalue weighted by molar-refractivity contribution is 0.102. The van der Waals surface area contributed by atoms with Gasteiger partial charge in [-0.1, -0.05) is 24.3 Å². The van der Waals surface area contributed by atoms with E-state index >= 15 is 0 Å². The van der Waals surface area contributed by atoms with Crippen LogP contribution in [0.15, 0.2) is 60.0 Å². The van der Waals surface area contributed by atoms with Gasteiger partial charge in [0.25, 0.3) is 5.91 Å². The van der Waals surface area contributed by atoms with Gasteiger partial charge < -0.3 is 10.6 Å². The van der Waals surface area contributed by atoms with Crippen molar-refractivity contribution < 1.29 is 9.18 Å². The number of aromatic nitrogens is 1. The van der Waals surface area contributed by atoms with Crippen molar-refractivity contribution in [3.63, 3.8) is 0 Å². The molecule has 1 heterocycles. The van der Waals surface area contributed by atoms with Gasteiger partial charge in [0, 0.05) is 16.8 Å². The molecule has 3 rings (SSSR count). The van der Waals surface area contributed by atoms with Crippen molar-refractivity contribution in [2.45, 2.75) is 0 Å². The highest BCUT2D eigenvalue weighted by atomic mass is 32.1. The third-order valence-corrected chi connectivity index (χ3v) is 3.60. The predicted octanol–water partition coefficient (Wildman–Crippen LogP) is 4.28. The molecule has 0 bridgehead atoms. The SMILES string of the molecule is O=C(Nc1cccc(F)c1)c1csc(Nc2ccccc2)n1. The van der Waals surface area contributed by atoms with Crippen LogP contribution in [-0.2, 0) is 0 Å². The lowest BCUT2D eigenvalue weighted by Gasteiger charge is -2.03. The maximum atomic E-state index is 13.1. The molecule has 110 valence electrons. The number of nitrogens with one attached hydrogen (secondary N) is 2.